The van der Waals surface area contributed by atoms with E-state index in [1.807, 2.05) is 25.1 Å². The van der Waals surface area contributed by atoms with Gasteiger partial charge in [0, 0.05) is 17.7 Å². The highest BCUT2D eigenvalue weighted by atomic mass is 19.3. The third kappa shape index (κ3) is 4.50. The molecule has 0 atom stereocenters. The lowest BCUT2D eigenvalue weighted by atomic mass is 10.1. The molecule has 0 aliphatic rings. The van der Waals surface area contributed by atoms with Gasteiger partial charge in [-0.15, -0.1) is 0 Å². The number of nitrogen functional groups attached to an aromatic ring is 1. The Labute approximate surface area is 122 Å². The molecule has 2 aromatic rings. The average Bonchev–Trinajstić information content (AvgIpc) is 2.42. The maximum Gasteiger partial charge on any atom is 0.387 e. The minimum atomic E-state index is -2.80. The van der Waals surface area contributed by atoms with Crippen LogP contribution < -0.4 is 10.5 Å². The molecule has 0 radical (unpaired) electrons. The second-order valence-corrected chi connectivity index (χ2v) is 4.58. The van der Waals surface area contributed by atoms with Crippen LogP contribution in [0.3, 0.4) is 0 Å². The van der Waals surface area contributed by atoms with Crippen LogP contribution in [0.5, 0.6) is 5.75 Å². The number of rotatable bonds is 3. The summed E-state index contributed by atoms with van der Waals surface area (Å²) in [7, 11) is 0. The van der Waals surface area contributed by atoms with Gasteiger partial charge in [0.2, 0.25) is 0 Å². The molecule has 0 unspecified atom stereocenters. The van der Waals surface area contributed by atoms with Crippen LogP contribution in [-0.4, -0.2) is 6.61 Å². The minimum Gasteiger partial charge on any atom is -0.435 e. The molecular weight excluding hydrogens is 272 g/mol. The standard InChI is InChI=1S/C17H15F2NO/c1-12-11-15(20)8-7-14(12)4-2-3-13-5-9-16(10-6-13)21-17(18)19/h5-11,17H,3,20H2,1H3. The first-order chi connectivity index (χ1) is 10.0. The van der Waals surface area contributed by atoms with E-state index in [1.54, 1.807) is 12.1 Å². The number of alkyl halides is 2. The summed E-state index contributed by atoms with van der Waals surface area (Å²) in [6, 6.07) is 12.0. The third-order valence-electron chi connectivity index (χ3n) is 2.91. The Morgan fingerprint density at radius 2 is 1.86 bits per heavy atom. The van der Waals surface area contributed by atoms with Gasteiger partial charge >= 0.3 is 6.61 Å². The van der Waals surface area contributed by atoms with Gasteiger partial charge < -0.3 is 10.5 Å². The van der Waals surface area contributed by atoms with Gasteiger partial charge in [-0.2, -0.15) is 8.78 Å². The van der Waals surface area contributed by atoms with Gasteiger partial charge in [-0.1, -0.05) is 24.0 Å². The van der Waals surface area contributed by atoms with Crippen LogP contribution in [0.25, 0.3) is 0 Å². The van der Waals surface area contributed by atoms with Crippen molar-refractivity contribution in [1.29, 1.82) is 0 Å². The number of ether oxygens (including phenoxy) is 1. The first-order valence-corrected chi connectivity index (χ1v) is 6.43. The lowest BCUT2D eigenvalue weighted by Gasteiger charge is -2.04. The Morgan fingerprint density at radius 1 is 1.14 bits per heavy atom. The van der Waals surface area contributed by atoms with Crippen molar-refractivity contribution in [1.82, 2.24) is 0 Å². The van der Waals surface area contributed by atoms with E-state index in [2.05, 4.69) is 16.6 Å². The van der Waals surface area contributed by atoms with Gasteiger partial charge in [-0.05, 0) is 48.4 Å². The van der Waals surface area contributed by atoms with E-state index in [4.69, 9.17) is 5.73 Å². The molecule has 2 aromatic carbocycles. The van der Waals surface area contributed by atoms with E-state index >= 15 is 0 Å². The quantitative estimate of drug-likeness (QED) is 0.689. The van der Waals surface area contributed by atoms with Crippen LogP contribution in [0.4, 0.5) is 14.5 Å². The minimum absolute atomic E-state index is 0.149. The molecule has 0 aromatic heterocycles. The zero-order valence-corrected chi connectivity index (χ0v) is 11.6. The van der Waals surface area contributed by atoms with Crippen molar-refractivity contribution in [3.8, 4) is 17.6 Å². The monoisotopic (exact) mass is 287 g/mol. The fraction of sp³-hybridized carbons (Fsp3) is 0.176. The summed E-state index contributed by atoms with van der Waals surface area (Å²) < 4.78 is 28.3. The summed E-state index contributed by atoms with van der Waals surface area (Å²) >= 11 is 0. The molecule has 0 saturated heterocycles. The third-order valence-corrected chi connectivity index (χ3v) is 2.91. The average molecular weight is 287 g/mol. The number of anilines is 1. The number of aryl methyl sites for hydroxylation is 1. The number of benzene rings is 2. The smallest absolute Gasteiger partial charge is 0.387 e. The van der Waals surface area contributed by atoms with Crippen molar-refractivity contribution in [2.45, 2.75) is 20.0 Å². The van der Waals surface area contributed by atoms with Gasteiger partial charge in [0.1, 0.15) is 5.75 Å². The molecule has 2 rings (SSSR count). The van der Waals surface area contributed by atoms with E-state index in [9.17, 15) is 8.78 Å². The molecule has 0 bridgehead atoms. The summed E-state index contributed by atoms with van der Waals surface area (Å²) in [4.78, 5) is 0. The maximum absolute atomic E-state index is 12.0. The lowest BCUT2D eigenvalue weighted by molar-refractivity contribution is -0.0498. The molecule has 0 amide bonds. The normalized spacial score (nSPS) is 10.1. The van der Waals surface area contributed by atoms with Crippen LogP contribution in [0, 0.1) is 18.8 Å². The molecule has 0 aliphatic carbocycles. The maximum atomic E-state index is 12.0. The van der Waals surface area contributed by atoms with Crippen molar-refractivity contribution >= 4 is 5.69 Å². The molecule has 0 spiro atoms. The van der Waals surface area contributed by atoms with E-state index in [-0.39, 0.29) is 5.75 Å². The van der Waals surface area contributed by atoms with Gasteiger partial charge in [-0.25, -0.2) is 0 Å². The predicted molar refractivity (Wildman–Crippen MR) is 79.2 cm³/mol. The zero-order chi connectivity index (χ0) is 15.2. The Bertz CT molecular complexity index is 669. The first kappa shape index (κ1) is 14.9. The highest BCUT2D eigenvalue weighted by molar-refractivity contribution is 5.50. The van der Waals surface area contributed by atoms with Crippen molar-refractivity contribution in [2.75, 3.05) is 5.73 Å². The SMILES string of the molecule is Cc1cc(N)ccc1C#CCc1ccc(OC(F)F)cc1. The highest BCUT2D eigenvalue weighted by Gasteiger charge is 2.03. The summed E-state index contributed by atoms with van der Waals surface area (Å²) in [6.07, 6.45) is 0.540. The van der Waals surface area contributed by atoms with Crippen LogP contribution >= 0.6 is 0 Å². The molecule has 21 heavy (non-hydrogen) atoms. The Hall–Kier alpha value is -2.54. The molecule has 0 heterocycles. The van der Waals surface area contributed by atoms with Crippen LogP contribution in [0.15, 0.2) is 42.5 Å². The van der Waals surface area contributed by atoms with Gasteiger partial charge in [-0.3, -0.25) is 0 Å². The first-order valence-electron chi connectivity index (χ1n) is 6.43. The van der Waals surface area contributed by atoms with Crippen LogP contribution in [0.2, 0.25) is 0 Å². The van der Waals surface area contributed by atoms with E-state index < -0.39 is 6.61 Å². The largest absolute Gasteiger partial charge is 0.435 e. The zero-order valence-electron chi connectivity index (χ0n) is 11.6. The molecule has 2 N–H and O–H groups in total. The van der Waals surface area contributed by atoms with E-state index in [0.717, 1.165) is 16.7 Å². The van der Waals surface area contributed by atoms with Gasteiger partial charge in [0.15, 0.2) is 0 Å². The number of hydrogen-bond acceptors (Lipinski definition) is 2. The molecule has 0 aliphatic heterocycles. The van der Waals surface area contributed by atoms with Crippen molar-refractivity contribution in [2.24, 2.45) is 0 Å². The number of halogens is 2. The highest BCUT2D eigenvalue weighted by Crippen LogP contribution is 2.15. The molecule has 108 valence electrons. The van der Waals surface area contributed by atoms with Crippen molar-refractivity contribution < 1.29 is 13.5 Å². The molecular formula is C17H15F2NO. The van der Waals surface area contributed by atoms with Crippen molar-refractivity contribution in [3.63, 3.8) is 0 Å². The summed E-state index contributed by atoms with van der Waals surface area (Å²) in [5, 5.41) is 0. The molecule has 0 saturated carbocycles. The molecule has 4 heteroatoms. The molecule has 2 nitrogen and oxygen atoms in total. The number of nitrogens with two attached hydrogens (primary N) is 1. The fourth-order valence-electron chi connectivity index (χ4n) is 1.86. The Balaban J connectivity index is 2.01. The lowest BCUT2D eigenvalue weighted by Crippen LogP contribution is -2.01. The van der Waals surface area contributed by atoms with E-state index in [0.29, 0.717) is 12.1 Å². The van der Waals surface area contributed by atoms with E-state index in [1.165, 1.54) is 12.1 Å². The topological polar surface area (TPSA) is 35.2 Å². The van der Waals surface area contributed by atoms with Crippen LogP contribution in [0.1, 0.15) is 16.7 Å². The number of hydrogen-bond donors (Lipinski definition) is 1. The summed E-state index contributed by atoms with van der Waals surface area (Å²) in [5.41, 5.74) is 9.30. The van der Waals surface area contributed by atoms with Gasteiger partial charge in [0.05, 0.1) is 0 Å². The fourth-order valence-corrected chi connectivity index (χ4v) is 1.86. The predicted octanol–water partition coefficient (Wildman–Crippen LogP) is 3.77. The Kier molecular flexibility index (Phi) is 4.78. The second-order valence-electron chi connectivity index (χ2n) is 4.58. The molecule has 0 fully saturated rings. The van der Waals surface area contributed by atoms with Crippen LogP contribution in [-0.2, 0) is 6.42 Å². The summed E-state index contributed by atoms with van der Waals surface area (Å²) in [5.74, 6) is 6.29. The van der Waals surface area contributed by atoms with Crippen molar-refractivity contribution in [3.05, 3.63) is 59.2 Å². The van der Waals surface area contributed by atoms with Gasteiger partial charge in [0.25, 0.3) is 0 Å². The Morgan fingerprint density at radius 3 is 2.48 bits per heavy atom. The second kappa shape index (κ2) is 6.76. The summed E-state index contributed by atoms with van der Waals surface area (Å²) in [6.45, 7) is -0.847.